The number of sulfonamides is 1. The molecule has 4 rings (SSSR count). The molecule has 10 heteroatoms. The Hall–Kier alpha value is -1.78. The summed E-state index contributed by atoms with van der Waals surface area (Å²) >= 11 is 1.69. The summed E-state index contributed by atoms with van der Waals surface area (Å²) in [6.45, 7) is 1.70. The molecule has 0 amide bonds. The molecular formula is C17H24N4O4S2. The smallest absolute Gasteiger partial charge is 0.290 e. The molecule has 2 aliphatic rings. The first-order valence-corrected chi connectivity index (χ1v) is 11.5. The van der Waals surface area contributed by atoms with Crippen LogP contribution >= 0.6 is 11.3 Å². The largest absolute Gasteiger partial charge is 0.483 e. The van der Waals surface area contributed by atoms with Crippen LogP contribution in [-0.4, -0.2) is 66.7 Å². The number of nitrogens with zero attached hydrogens (tertiary/aromatic N) is 4. The lowest BCUT2D eigenvalue weighted by atomic mass is 9.89. The summed E-state index contributed by atoms with van der Waals surface area (Å²) in [5.41, 5.74) is 1.01. The molecule has 3 atom stereocenters. The van der Waals surface area contributed by atoms with E-state index in [9.17, 15) is 8.42 Å². The van der Waals surface area contributed by atoms with Crippen molar-refractivity contribution in [2.45, 2.75) is 25.3 Å². The van der Waals surface area contributed by atoms with Gasteiger partial charge in [-0.2, -0.15) is 0 Å². The topological polar surface area (TPSA) is 104 Å². The van der Waals surface area contributed by atoms with Crippen molar-refractivity contribution in [2.75, 3.05) is 31.3 Å². The van der Waals surface area contributed by atoms with Crippen LogP contribution < -0.4 is 4.90 Å². The number of aromatic nitrogens is 2. The van der Waals surface area contributed by atoms with Crippen LogP contribution in [0, 0.1) is 11.8 Å². The first-order chi connectivity index (χ1) is 12.8. The molecule has 1 aliphatic carbocycles. The standard InChI is InChI=1S/C16H22N4O2S2.CH2O2/c1-19(24(2,21)22)13-7-11-3-5-20(9-12(11)8-13)16-15-14(4-6-23-15)17-10-18-16;2-1-3/h4,6,10-13H,3,5,7-9H2,1-2H3;1H,(H,2,3)/t11-,12-,13+;/m1./s1. The molecule has 1 saturated carbocycles. The van der Waals surface area contributed by atoms with Crippen molar-refractivity contribution >= 4 is 43.9 Å². The van der Waals surface area contributed by atoms with Crippen LogP contribution in [0.1, 0.15) is 19.3 Å². The number of thiophene rings is 1. The minimum atomic E-state index is -3.12. The highest BCUT2D eigenvalue weighted by atomic mass is 32.2. The molecule has 2 fully saturated rings. The Morgan fingerprint density at radius 2 is 2.04 bits per heavy atom. The quantitative estimate of drug-likeness (QED) is 0.768. The van der Waals surface area contributed by atoms with Gasteiger partial charge < -0.3 is 10.0 Å². The van der Waals surface area contributed by atoms with Crippen LogP contribution in [0.5, 0.6) is 0 Å². The molecule has 1 N–H and O–H groups in total. The maximum atomic E-state index is 11.8. The van der Waals surface area contributed by atoms with Gasteiger partial charge in [-0.15, -0.1) is 11.3 Å². The maximum absolute atomic E-state index is 11.8. The van der Waals surface area contributed by atoms with E-state index < -0.39 is 10.0 Å². The molecule has 0 spiro atoms. The van der Waals surface area contributed by atoms with Gasteiger partial charge in [0.2, 0.25) is 10.0 Å². The molecule has 3 heterocycles. The van der Waals surface area contributed by atoms with Crippen molar-refractivity contribution in [3.05, 3.63) is 17.8 Å². The predicted molar refractivity (Wildman–Crippen MR) is 106 cm³/mol. The van der Waals surface area contributed by atoms with Gasteiger partial charge in [-0.05, 0) is 42.5 Å². The second kappa shape index (κ2) is 8.07. The second-order valence-electron chi connectivity index (χ2n) is 7.10. The summed E-state index contributed by atoms with van der Waals surface area (Å²) in [6.07, 6.45) is 5.99. The maximum Gasteiger partial charge on any atom is 0.290 e. The normalized spacial score (nSPS) is 25.1. The molecule has 2 aromatic rings. The highest BCUT2D eigenvalue weighted by Gasteiger charge is 2.41. The second-order valence-corrected chi connectivity index (χ2v) is 10.1. The van der Waals surface area contributed by atoms with Crippen molar-refractivity contribution in [1.82, 2.24) is 14.3 Å². The van der Waals surface area contributed by atoms with Crippen molar-refractivity contribution in [2.24, 2.45) is 11.8 Å². The monoisotopic (exact) mass is 412 g/mol. The minimum absolute atomic E-state index is 0.141. The number of anilines is 1. The van der Waals surface area contributed by atoms with E-state index in [1.165, 1.54) is 6.26 Å². The van der Waals surface area contributed by atoms with Gasteiger partial charge in [0, 0.05) is 26.2 Å². The van der Waals surface area contributed by atoms with Gasteiger partial charge in [0.1, 0.15) is 12.1 Å². The van der Waals surface area contributed by atoms with E-state index in [4.69, 9.17) is 9.90 Å². The van der Waals surface area contributed by atoms with Crippen molar-refractivity contribution < 1.29 is 18.3 Å². The fraction of sp³-hybridized carbons (Fsp3) is 0.588. The molecule has 148 valence electrons. The molecule has 0 bridgehead atoms. The average molecular weight is 413 g/mol. The molecule has 0 radical (unpaired) electrons. The van der Waals surface area contributed by atoms with Crippen molar-refractivity contribution in [1.29, 1.82) is 0 Å². The molecule has 2 aromatic heterocycles. The van der Waals surface area contributed by atoms with Gasteiger partial charge in [-0.1, -0.05) is 0 Å². The van der Waals surface area contributed by atoms with Gasteiger partial charge in [0.15, 0.2) is 0 Å². The number of hydrogen-bond acceptors (Lipinski definition) is 7. The molecule has 0 unspecified atom stereocenters. The van der Waals surface area contributed by atoms with E-state index >= 15 is 0 Å². The lowest BCUT2D eigenvalue weighted by Gasteiger charge is -2.35. The third-order valence-electron chi connectivity index (χ3n) is 5.60. The Morgan fingerprint density at radius 3 is 2.74 bits per heavy atom. The van der Waals surface area contributed by atoms with Crippen LogP contribution in [0.2, 0.25) is 0 Å². The lowest BCUT2D eigenvalue weighted by molar-refractivity contribution is -0.122. The van der Waals surface area contributed by atoms with Crippen LogP contribution in [0.25, 0.3) is 10.2 Å². The number of piperidine rings is 1. The third kappa shape index (κ3) is 4.22. The summed E-state index contributed by atoms with van der Waals surface area (Å²) in [4.78, 5) is 19.6. The van der Waals surface area contributed by atoms with E-state index in [0.717, 1.165) is 48.4 Å². The Balaban J connectivity index is 0.000000659. The van der Waals surface area contributed by atoms with Crippen LogP contribution in [0.4, 0.5) is 5.82 Å². The summed E-state index contributed by atoms with van der Waals surface area (Å²) < 4.78 is 26.4. The Labute approximate surface area is 162 Å². The fourth-order valence-electron chi connectivity index (χ4n) is 4.21. The predicted octanol–water partition coefficient (Wildman–Crippen LogP) is 1.89. The van der Waals surface area contributed by atoms with Gasteiger partial charge in [0.05, 0.1) is 16.5 Å². The fourth-order valence-corrected chi connectivity index (χ4v) is 5.79. The van der Waals surface area contributed by atoms with E-state index in [1.807, 2.05) is 6.07 Å². The zero-order valence-electron chi connectivity index (χ0n) is 15.4. The molecule has 27 heavy (non-hydrogen) atoms. The number of carboxylic acid groups (broad SMARTS) is 1. The molecule has 0 aromatic carbocycles. The van der Waals surface area contributed by atoms with Crippen molar-refractivity contribution in [3.63, 3.8) is 0 Å². The minimum Gasteiger partial charge on any atom is -0.483 e. The third-order valence-corrected chi connectivity index (χ3v) is 7.85. The Kier molecular flexibility index (Phi) is 5.97. The van der Waals surface area contributed by atoms with E-state index in [2.05, 4.69) is 20.2 Å². The van der Waals surface area contributed by atoms with Gasteiger partial charge in [0.25, 0.3) is 6.47 Å². The number of carbonyl (C=O) groups is 1. The van der Waals surface area contributed by atoms with E-state index in [-0.39, 0.29) is 12.5 Å². The highest BCUT2D eigenvalue weighted by Crippen LogP contribution is 2.42. The molecular weight excluding hydrogens is 388 g/mol. The summed E-state index contributed by atoms with van der Waals surface area (Å²) in [7, 11) is -1.40. The summed E-state index contributed by atoms with van der Waals surface area (Å²) in [6, 6.07) is 2.17. The first kappa shape index (κ1) is 20.0. The highest BCUT2D eigenvalue weighted by molar-refractivity contribution is 7.88. The summed E-state index contributed by atoms with van der Waals surface area (Å²) in [5, 5.41) is 8.95. The zero-order chi connectivity index (χ0) is 19.6. The van der Waals surface area contributed by atoms with Crippen LogP contribution in [0.3, 0.4) is 0 Å². The van der Waals surface area contributed by atoms with Gasteiger partial charge >= 0.3 is 0 Å². The van der Waals surface area contributed by atoms with Crippen LogP contribution in [0.15, 0.2) is 17.8 Å². The average Bonchev–Trinajstić information content (AvgIpc) is 3.26. The van der Waals surface area contributed by atoms with E-state index in [1.54, 1.807) is 29.0 Å². The van der Waals surface area contributed by atoms with Crippen LogP contribution in [-0.2, 0) is 14.8 Å². The first-order valence-electron chi connectivity index (χ1n) is 8.79. The summed E-state index contributed by atoms with van der Waals surface area (Å²) in [5.74, 6) is 2.20. The van der Waals surface area contributed by atoms with E-state index in [0.29, 0.717) is 11.8 Å². The molecule has 8 nitrogen and oxygen atoms in total. The number of rotatable bonds is 3. The number of hydrogen-bond donors (Lipinski definition) is 1. The molecule has 1 aliphatic heterocycles. The van der Waals surface area contributed by atoms with Crippen molar-refractivity contribution in [3.8, 4) is 0 Å². The lowest BCUT2D eigenvalue weighted by Crippen LogP contribution is -2.39. The Morgan fingerprint density at radius 1 is 1.33 bits per heavy atom. The van der Waals surface area contributed by atoms with Gasteiger partial charge in [-0.3, -0.25) is 4.79 Å². The number of fused-ring (bicyclic) bond motifs is 2. The molecule has 1 saturated heterocycles. The Bertz CT molecular complexity index is 901. The zero-order valence-corrected chi connectivity index (χ0v) is 17.0. The SMILES string of the molecule is CN([C@H]1C[C@H]2CCN(c3ncnc4ccsc34)C[C@H]2C1)S(C)(=O)=O.O=CO. The van der Waals surface area contributed by atoms with Gasteiger partial charge in [-0.25, -0.2) is 22.7 Å².